The van der Waals surface area contributed by atoms with E-state index in [2.05, 4.69) is 29.8 Å². The lowest BCUT2D eigenvalue weighted by molar-refractivity contribution is 0.648. The fourth-order valence-electron chi connectivity index (χ4n) is 0.939. The van der Waals surface area contributed by atoms with E-state index in [1.807, 2.05) is 6.92 Å². The largest absolute Gasteiger partial charge is 0.206 e. The molecule has 0 atom stereocenters. The molecule has 0 aromatic rings. The molecule has 0 saturated carbocycles. The topological polar surface area (TPSA) is 0 Å². The summed E-state index contributed by atoms with van der Waals surface area (Å²) in [4.78, 5) is 0. The maximum absolute atomic E-state index is 13.1. The Morgan fingerprint density at radius 1 is 1.50 bits per heavy atom. The maximum Gasteiger partial charge on any atom is 0.132 e. The number of hydrogen-bond acceptors (Lipinski definition) is 0. The standard InChI is InChI=1S/C10H16BrF/c1-5-9(7(2)3)6-10(12)8(4)11/h6-7H,5H2,1-4H3/b9-6+,10-8-. The normalized spacial score (nSPS) is 15.1. The zero-order chi connectivity index (χ0) is 9.72. The van der Waals surface area contributed by atoms with E-state index in [4.69, 9.17) is 0 Å². The molecule has 0 aromatic carbocycles. The Morgan fingerprint density at radius 2 is 2.00 bits per heavy atom. The van der Waals surface area contributed by atoms with E-state index in [9.17, 15) is 4.39 Å². The van der Waals surface area contributed by atoms with Gasteiger partial charge in [0.2, 0.25) is 0 Å². The van der Waals surface area contributed by atoms with Crippen molar-refractivity contribution in [2.24, 2.45) is 5.92 Å². The zero-order valence-electron chi connectivity index (χ0n) is 8.12. The predicted molar refractivity (Wildman–Crippen MR) is 55.9 cm³/mol. The first-order valence-electron chi connectivity index (χ1n) is 4.21. The van der Waals surface area contributed by atoms with E-state index >= 15 is 0 Å². The summed E-state index contributed by atoms with van der Waals surface area (Å²) in [5.74, 6) is 0.258. The molecule has 0 unspecified atom stereocenters. The van der Waals surface area contributed by atoms with Gasteiger partial charge in [-0.1, -0.05) is 42.3 Å². The van der Waals surface area contributed by atoms with E-state index in [1.54, 1.807) is 13.0 Å². The van der Waals surface area contributed by atoms with E-state index < -0.39 is 0 Å². The molecule has 0 rings (SSSR count). The average Bonchev–Trinajstić information content (AvgIpc) is 1.98. The quantitative estimate of drug-likeness (QED) is 0.628. The lowest BCUT2D eigenvalue weighted by Gasteiger charge is -2.07. The molecule has 0 nitrogen and oxygen atoms in total. The summed E-state index contributed by atoms with van der Waals surface area (Å²) in [6.07, 6.45) is 2.53. The number of rotatable bonds is 3. The summed E-state index contributed by atoms with van der Waals surface area (Å²) in [7, 11) is 0. The van der Waals surface area contributed by atoms with Gasteiger partial charge in [-0.2, -0.15) is 0 Å². The highest BCUT2D eigenvalue weighted by Gasteiger charge is 2.02. The van der Waals surface area contributed by atoms with Crippen molar-refractivity contribution in [3.05, 3.63) is 22.0 Å². The van der Waals surface area contributed by atoms with E-state index in [-0.39, 0.29) is 5.83 Å². The molecule has 0 aliphatic carbocycles. The van der Waals surface area contributed by atoms with Gasteiger partial charge in [0.25, 0.3) is 0 Å². The van der Waals surface area contributed by atoms with Crippen molar-refractivity contribution < 1.29 is 4.39 Å². The van der Waals surface area contributed by atoms with E-state index in [0.717, 1.165) is 12.0 Å². The summed E-state index contributed by atoms with van der Waals surface area (Å²) >= 11 is 3.11. The summed E-state index contributed by atoms with van der Waals surface area (Å²) in [5, 5.41) is 0. The van der Waals surface area contributed by atoms with Crippen LogP contribution >= 0.6 is 15.9 Å². The predicted octanol–water partition coefficient (Wildman–Crippen LogP) is 4.57. The van der Waals surface area contributed by atoms with Crippen LogP contribution in [0.5, 0.6) is 0 Å². The first kappa shape index (κ1) is 11.9. The highest BCUT2D eigenvalue weighted by Crippen LogP contribution is 2.20. The summed E-state index contributed by atoms with van der Waals surface area (Å²) in [6, 6.07) is 0. The third kappa shape index (κ3) is 4.05. The van der Waals surface area contributed by atoms with Crippen molar-refractivity contribution in [2.45, 2.75) is 34.1 Å². The molecule has 0 spiro atoms. The first-order valence-corrected chi connectivity index (χ1v) is 5.00. The van der Waals surface area contributed by atoms with Gasteiger partial charge >= 0.3 is 0 Å². The van der Waals surface area contributed by atoms with Gasteiger partial charge in [0.05, 0.1) is 0 Å². The molecular formula is C10H16BrF. The molecule has 0 N–H and O–H groups in total. The van der Waals surface area contributed by atoms with Crippen molar-refractivity contribution in [1.29, 1.82) is 0 Å². The van der Waals surface area contributed by atoms with Crippen molar-refractivity contribution in [3.8, 4) is 0 Å². The molecule has 0 radical (unpaired) electrons. The second-order valence-electron chi connectivity index (χ2n) is 3.11. The summed E-state index contributed by atoms with van der Waals surface area (Å²) in [6.45, 7) is 7.90. The Balaban J connectivity index is 4.61. The Morgan fingerprint density at radius 3 is 2.25 bits per heavy atom. The van der Waals surface area contributed by atoms with Crippen molar-refractivity contribution in [1.82, 2.24) is 0 Å². The monoisotopic (exact) mass is 234 g/mol. The van der Waals surface area contributed by atoms with Crippen LogP contribution in [0.4, 0.5) is 4.39 Å². The maximum atomic E-state index is 13.1. The van der Waals surface area contributed by atoms with Gasteiger partial charge in [-0.15, -0.1) is 0 Å². The van der Waals surface area contributed by atoms with Gasteiger partial charge in [0, 0.05) is 4.48 Å². The van der Waals surface area contributed by atoms with Crippen LogP contribution in [-0.2, 0) is 0 Å². The van der Waals surface area contributed by atoms with Crippen LogP contribution < -0.4 is 0 Å². The van der Waals surface area contributed by atoms with Crippen molar-refractivity contribution in [2.75, 3.05) is 0 Å². The minimum absolute atomic E-state index is 0.166. The average molecular weight is 235 g/mol. The Hall–Kier alpha value is -0.110. The van der Waals surface area contributed by atoms with Crippen LogP contribution in [-0.4, -0.2) is 0 Å². The molecule has 12 heavy (non-hydrogen) atoms. The zero-order valence-corrected chi connectivity index (χ0v) is 9.70. The van der Waals surface area contributed by atoms with Crippen molar-refractivity contribution in [3.63, 3.8) is 0 Å². The fourth-order valence-corrected chi connectivity index (χ4v) is 1.05. The number of hydrogen-bond donors (Lipinski definition) is 0. The van der Waals surface area contributed by atoms with Gasteiger partial charge in [-0.05, 0) is 25.3 Å². The molecule has 0 saturated heterocycles. The number of allylic oxidation sites excluding steroid dienone is 4. The van der Waals surface area contributed by atoms with Gasteiger partial charge in [-0.3, -0.25) is 0 Å². The lowest BCUT2D eigenvalue weighted by atomic mass is 10.0. The molecule has 2 heteroatoms. The Labute approximate surface area is 82.7 Å². The summed E-state index contributed by atoms with van der Waals surface area (Å²) < 4.78 is 13.6. The van der Waals surface area contributed by atoms with Gasteiger partial charge in [0.1, 0.15) is 5.83 Å². The summed E-state index contributed by atoms with van der Waals surface area (Å²) in [5.41, 5.74) is 1.14. The smallest absolute Gasteiger partial charge is 0.132 e. The SMILES string of the molecule is CC/C(=C\C(F)=C(/C)Br)C(C)C. The van der Waals surface area contributed by atoms with Crippen LogP contribution in [0, 0.1) is 5.92 Å². The molecule has 0 amide bonds. The van der Waals surface area contributed by atoms with E-state index in [1.165, 1.54) is 0 Å². The third-order valence-electron chi connectivity index (χ3n) is 1.79. The van der Waals surface area contributed by atoms with E-state index in [0.29, 0.717) is 10.4 Å². The molecule has 70 valence electrons. The van der Waals surface area contributed by atoms with Crippen LogP contribution in [0.3, 0.4) is 0 Å². The number of halogens is 2. The Bertz CT molecular complexity index is 198. The minimum atomic E-state index is -0.166. The fraction of sp³-hybridized carbons (Fsp3) is 0.600. The highest BCUT2D eigenvalue weighted by molar-refractivity contribution is 9.11. The van der Waals surface area contributed by atoms with Gasteiger partial charge in [-0.25, -0.2) is 4.39 Å². The second kappa shape index (κ2) is 5.52. The highest BCUT2D eigenvalue weighted by atomic mass is 79.9. The molecule has 0 bridgehead atoms. The molecular weight excluding hydrogens is 219 g/mol. The van der Waals surface area contributed by atoms with Crippen LogP contribution in [0.15, 0.2) is 22.0 Å². The van der Waals surface area contributed by atoms with Gasteiger partial charge < -0.3 is 0 Å². The van der Waals surface area contributed by atoms with Crippen LogP contribution in [0.25, 0.3) is 0 Å². The van der Waals surface area contributed by atoms with Gasteiger partial charge in [0.15, 0.2) is 0 Å². The molecule has 0 aromatic heterocycles. The third-order valence-corrected chi connectivity index (χ3v) is 2.17. The molecule has 0 heterocycles. The molecule has 0 fully saturated rings. The minimum Gasteiger partial charge on any atom is -0.206 e. The lowest BCUT2D eigenvalue weighted by Crippen LogP contribution is -1.92. The van der Waals surface area contributed by atoms with Crippen molar-refractivity contribution >= 4 is 15.9 Å². The molecule has 0 aliphatic heterocycles. The second-order valence-corrected chi connectivity index (χ2v) is 4.30. The Kier molecular flexibility index (Phi) is 5.47. The first-order chi connectivity index (χ1) is 5.49. The molecule has 0 aliphatic rings. The van der Waals surface area contributed by atoms with Crippen LogP contribution in [0.2, 0.25) is 0 Å². The van der Waals surface area contributed by atoms with Crippen LogP contribution in [0.1, 0.15) is 34.1 Å².